The first-order valence-corrected chi connectivity index (χ1v) is 9.25. The monoisotopic (exact) mass is 387 g/mol. The van der Waals surface area contributed by atoms with Crippen molar-refractivity contribution in [2.45, 2.75) is 10.8 Å². The number of fused-ring (bicyclic) bond motifs is 1. The Kier molecular flexibility index (Phi) is 4.71. The zero-order valence-corrected chi connectivity index (χ0v) is 15.4. The first-order chi connectivity index (χ1) is 13.7. The minimum atomic E-state index is 0.0860. The molecule has 3 aromatic rings. The molecule has 28 heavy (non-hydrogen) atoms. The van der Waals surface area contributed by atoms with Crippen LogP contribution in [0.1, 0.15) is 16.7 Å². The number of pyridine rings is 2. The van der Waals surface area contributed by atoms with Crippen LogP contribution in [0.5, 0.6) is 11.5 Å². The molecule has 0 spiro atoms. The number of anilines is 1. The lowest BCUT2D eigenvalue weighted by molar-refractivity contribution is 0.174. The molecule has 2 N–H and O–H groups in total. The number of rotatable bonds is 4. The molecule has 1 aliphatic rings. The Labute approximate surface area is 165 Å². The summed E-state index contributed by atoms with van der Waals surface area (Å²) in [7, 11) is 0. The molecule has 1 aliphatic heterocycles. The summed E-state index contributed by atoms with van der Waals surface area (Å²) < 4.78 is 10.8. The second-order valence-electron chi connectivity index (χ2n) is 5.87. The molecule has 0 atom stereocenters. The summed E-state index contributed by atoms with van der Waals surface area (Å²) >= 11 is 1.37. The van der Waals surface area contributed by atoms with Gasteiger partial charge in [0, 0.05) is 23.7 Å². The number of nitrogens with zero attached hydrogens (tertiary/aromatic N) is 4. The van der Waals surface area contributed by atoms with Crippen LogP contribution < -0.4 is 15.2 Å². The van der Waals surface area contributed by atoms with Crippen molar-refractivity contribution >= 4 is 17.6 Å². The SMILES string of the molecule is N#Cc1c(N)nc(SCc2cccnc2)c(C#N)c1-c1ccc2c(c1)OCO2. The molecule has 0 saturated heterocycles. The number of nitrogen functional groups attached to an aromatic ring is 1. The highest BCUT2D eigenvalue weighted by atomic mass is 32.2. The number of hydrogen-bond donors (Lipinski definition) is 1. The molecule has 0 amide bonds. The Bertz CT molecular complexity index is 1140. The Balaban J connectivity index is 1.81. The summed E-state index contributed by atoms with van der Waals surface area (Å²) in [5.41, 5.74) is 8.61. The van der Waals surface area contributed by atoms with E-state index in [1.807, 2.05) is 12.1 Å². The largest absolute Gasteiger partial charge is 0.454 e. The lowest BCUT2D eigenvalue weighted by Crippen LogP contribution is -2.03. The first-order valence-electron chi connectivity index (χ1n) is 8.26. The van der Waals surface area contributed by atoms with E-state index in [1.165, 1.54) is 11.8 Å². The topological polar surface area (TPSA) is 118 Å². The van der Waals surface area contributed by atoms with Gasteiger partial charge in [-0.15, -0.1) is 11.8 Å². The zero-order chi connectivity index (χ0) is 19.5. The van der Waals surface area contributed by atoms with Crippen LogP contribution in [0.3, 0.4) is 0 Å². The van der Waals surface area contributed by atoms with Gasteiger partial charge in [0.15, 0.2) is 11.5 Å². The molecule has 3 heterocycles. The number of hydrogen-bond acceptors (Lipinski definition) is 8. The van der Waals surface area contributed by atoms with E-state index in [4.69, 9.17) is 15.2 Å². The van der Waals surface area contributed by atoms with Gasteiger partial charge in [0.1, 0.15) is 28.5 Å². The Morgan fingerprint density at radius 2 is 1.93 bits per heavy atom. The fraction of sp³-hybridized carbons (Fsp3) is 0.100. The molecule has 7 nitrogen and oxygen atoms in total. The van der Waals surface area contributed by atoms with Crippen LogP contribution >= 0.6 is 11.8 Å². The van der Waals surface area contributed by atoms with E-state index in [0.717, 1.165) is 5.56 Å². The molecular formula is C20H13N5O2S. The van der Waals surface area contributed by atoms with Gasteiger partial charge < -0.3 is 15.2 Å². The summed E-state index contributed by atoms with van der Waals surface area (Å²) in [5.74, 6) is 1.84. The van der Waals surface area contributed by atoms with Gasteiger partial charge in [0.25, 0.3) is 0 Å². The van der Waals surface area contributed by atoms with Gasteiger partial charge in [-0.1, -0.05) is 12.1 Å². The minimum Gasteiger partial charge on any atom is -0.454 e. The number of benzene rings is 1. The number of ether oxygens (including phenoxy) is 2. The summed E-state index contributed by atoms with van der Waals surface area (Å²) in [6, 6.07) is 13.3. The zero-order valence-electron chi connectivity index (χ0n) is 14.5. The van der Waals surface area contributed by atoms with Crippen molar-refractivity contribution in [1.29, 1.82) is 10.5 Å². The Morgan fingerprint density at radius 1 is 1.11 bits per heavy atom. The molecule has 1 aromatic carbocycles. The predicted molar refractivity (Wildman–Crippen MR) is 103 cm³/mol. The van der Waals surface area contributed by atoms with Crippen molar-refractivity contribution in [3.8, 4) is 34.8 Å². The second-order valence-corrected chi connectivity index (χ2v) is 6.83. The van der Waals surface area contributed by atoms with Crippen LogP contribution in [0.15, 0.2) is 47.8 Å². The van der Waals surface area contributed by atoms with E-state index in [9.17, 15) is 10.5 Å². The van der Waals surface area contributed by atoms with Crippen molar-refractivity contribution in [2.75, 3.05) is 12.5 Å². The maximum Gasteiger partial charge on any atom is 0.231 e. The summed E-state index contributed by atoms with van der Waals surface area (Å²) in [6.45, 7) is 0.139. The molecular weight excluding hydrogens is 374 g/mol. The molecule has 4 rings (SSSR count). The second kappa shape index (κ2) is 7.47. The van der Waals surface area contributed by atoms with Crippen LogP contribution in [0, 0.1) is 22.7 Å². The van der Waals surface area contributed by atoms with Gasteiger partial charge in [0.2, 0.25) is 6.79 Å². The molecule has 0 aliphatic carbocycles. The average molecular weight is 387 g/mol. The van der Waals surface area contributed by atoms with E-state index in [0.29, 0.717) is 39.0 Å². The smallest absolute Gasteiger partial charge is 0.231 e. The third-order valence-corrected chi connectivity index (χ3v) is 5.22. The molecule has 0 radical (unpaired) electrons. The lowest BCUT2D eigenvalue weighted by atomic mass is 9.96. The minimum absolute atomic E-state index is 0.0860. The number of nitriles is 2. The van der Waals surface area contributed by atoms with E-state index in [1.54, 1.807) is 30.6 Å². The van der Waals surface area contributed by atoms with Gasteiger partial charge in [-0.05, 0) is 29.3 Å². The van der Waals surface area contributed by atoms with E-state index >= 15 is 0 Å². The van der Waals surface area contributed by atoms with Gasteiger partial charge in [-0.2, -0.15) is 10.5 Å². The maximum atomic E-state index is 9.84. The molecule has 2 aromatic heterocycles. The van der Waals surface area contributed by atoms with E-state index in [2.05, 4.69) is 22.1 Å². The third-order valence-electron chi connectivity index (χ3n) is 4.18. The fourth-order valence-electron chi connectivity index (χ4n) is 2.88. The van der Waals surface area contributed by atoms with Crippen molar-refractivity contribution in [3.05, 3.63) is 59.4 Å². The van der Waals surface area contributed by atoms with Crippen LogP contribution in [0.4, 0.5) is 5.82 Å². The first kappa shape index (κ1) is 17.7. The van der Waals surface area contributed by atoms with Gasteiger partial charge >= 0.3 is 0 Å². The van der Waals surface area contributed by atoms with Gasteiger partial charge in [-0.25, -0.2) is 4.98 Å². The van der Waals surface area contributed by atoms with Crippen LogP contribution in [0.2, 0.25) is 0 Å². The number of aromatic nitrogens is 2. The summed E-state index contributed by atoms with van der Waals surface area (Å²) in [5, 5.41) is 19.9. The fourth-order valence-corrected chi connectivity index (χ4v) is 3.81. The Morgan fingerprint density at radius 3 is 2.68 bits per heavy atom. The summed E-state index contributed by atoms with van der Waals surface area (Å²) in [6.07, 6.45) is 3.45. The predicted octanol–water partition coefficient (Wildman–Crippen LogP) is 3.49. The van der Waals surface area contributed by atoms with E-state index in [-0.39, 0.29) is 18.2 Å². The van der Waals surface area contributed by atoms with Crippen LogP contribution in [-0.2, 0) is 5.75 Å². The summed E-state index contributed by atoms with van der Waals surface area (Å²) in [4.78, 5) is 8.40. The number of thioether (sulfide) groups is 1. The molecule has 0 fully saturated rings. The molecule has 0 saturated carbocycles. The highest BCUT2D eigenvalue weighted by Crippen LogP contribution is 2.41. The van der Waals surface area contributed by atoms with E-state index < -0.39 is 0 Å². The quantitative estimate of drug-likeness (QED) is 0.676. The lowest BCUT2D eigenvalue weighted by Gasteiger charge is -2.13. The molecule has 136 valence electrons. The van der Waals surface area contributed by atoms with Crippen molar-refractivity contribution in [2.24, 2.45) is 0 Å². The standard InChI is InChI=1S/C20H13N5O2S/c21-7-14-18(13-3-4-16-17(6-13)27-11-26-16)15(8-22)20(25-19(14)23)28-10-12-2-1-5-24-9-12/h1-6,9H,10-11H2,(H2,23,25). The van der Waals surface area contributed by atoms with Crippen molar-refractivity contribution in [1.82, 2.24) is 9.97 Å². The average Bonchev–Trinajstić information content (AvgIpc) is 3.20. The van der Waals surface area contributed by atoms with Gasteiger partial charge in [0.05, 0.1) is 5.56 Å². The molecule has 0 unspecified atom stereocenters. The highest BCUT2D eigenvalue weighted by molar-refractivity contribution is 7.98. The van der Waals surface area contributed by atoms with Crippen molar-refractivity contribution < 1.29 is 9.47 Å². The normalized spacial score (nSPS) is 11.6. The maximum absolute atomic E-state index is 9.84. The molecule has 0 bridgehead atoms. The number of nitrogens with two attached hydrogens (primary N) is 1. The third kappa shape index (κ3) is 3.18. The van der Waals surface area contributed by atoms with Crippen LogP contribution in [-0.4, -0.2) is 16.8 Å². The van der Waals surface area contributed by atoms with Crippen molar-refractivity contribution in [3.63, 3.8) is 0 Å². The highest BCUT2D eigenvalue weighted by Gasteiger charge is 2.23. The molecule has 8 heteroatoms. The Hall–Kier alpha value is -3.75. The van der Waals surface area contributed by atoms with Gasteiger partial charge in [-0.3, -0.25) is 4.98 Å². The van der Waals surface area contributed by atoms with Crippen LogP contribution in [0.25, 0.3) is 11.1 Å².